The highest BCUT2D eigenvalue weighted by molar-refractivity contribution is 5.96. The highest BCUT2D eigenvalue weighted by atomic mass is 16.5. The van der Waals surface area contributed by atoms with Crippen LogP contribution in [0.25, 0.3) is 0 Å². The minimum atomic E-state index is 0.0992. The summed E-state index contributed by atoms with van der Waals surface area (Å²) in [6.07, 6.45) is 0.203. The number of benzene rings is 1. The number of hydrogen-bond acceptors (Lipinski definition) is 3. The van der Waals surface area contributed by atoms with Gasteiger partial charge in [-0.15, -0.1) is 0 Å². The smallest absolute Gasteiger partial charge is 0.254 e. The van der Waals surface area contributed by atoms with E-state index >= 15 is 0 Å². The summed E-state index contributed by atoms with van der Waals surface area (Å²) in [4.78, 5) is 14.5. The second-order valence-corrected chi connectivity index (χ2v) is 5.25. The molecule has 19 heavy (non-hydrogen) atoms. The predicted octanol–water partition coefficient (Wildman–Crippen LogP) is 2.29. The summed E-state index contributed by atoms with van der Waals surface area (Å²) in [6.45, 7) is 7.31. The van der Waals surface area contributed by atoms with Crippen molar-refractivity contribution in [1.82, 2.24) is 4.90 Å². The summed E-state index contributed by atoms with van der Waals surface area (Å²) in [6, 6.07) is 5.84. The molecule has 1 fully saturated rings. The van der Waals surface area contributed by atoms with Crippen LogP contribution in [0, 0.1) is 6.92 Å². The Balaban J connectivity index is 2.19. The largest absolute Gasteiger partial charge is 0.388 e. The van der Waals surface area contributed by atoms with Crippen LogP contribution in [0.4, 0.5) is 5.69 Å². The lowest BCUT2D eigenvalue weighted by molar-refractivity contribution is -0.0586. The SMILES string of the molecule is CNc1ccc(C(=O)N2C[C@@H](C)O[C@@H](C)C2)c(C)c1. The Hall–Kier alpha value is -1.55. The van der Waals surface area contributed by atoms with Crippen molar-refractivity contribution in [3.05, 3.63) is 29.3 Å². The number of nitrogens with one attached hydrogen (secondary N) is 1. The number of ether oxygens (including phenoxy) is 1. The number of rotatable bonds is 2. The molecule has 1 saturated heterocycles. The van der Waals surface area contributed by atoms with Gasteiger partial charge in [-0.1, -0.05) is 0 Å². The Kier molecular flexibility index (Phi) is 4.10. The van der Waals surface area contributed by atoms with Crippen molar-refractivity contribution in [3.63, 3.8) is 0 Å². The molecule has 1 N–H and O–H groups in total. The Bertz CT molecular complexity index is 463. The molecule has 4 nitrogen and oxygen atoms in total. The average Bonchev–Trinajstić information content (AvgIpc) is 2.36. The van der Waals surface area contributed by atoms with Gasteiger partial charge < -0.3 is 15.0 Å². The number of morpholine rings is 1. The van der Waals surface area contributed by atoms with E-state index in [1.165, 1.54) is 0 Å². The third-order valence-electron chi connectivity index (χ3n) is 3.45. The normalized spacial score (nSPS) is 23.3. The predicted molar refractivity (Wildman–Crippen MR) is 76.6 cm³/mol. The van der Waals surface area contributed by atoms with E-state index in [1.807, 2.05) is 50.9 Å². The molecule has 1 aromatic carbocycles. The average molecular weight is 262 g/mol. The van der Waals surface area contributed by atoms with E-state index in [9.17, 15) is 4.79 Å². The van der Waals surface area contributed by atoms with E-state index in [4.69, 9.17) is 4.74 Å². The molecule has 1 aliphatic heterocycles. The summed E-state index contributed by atoms with van der Waals surface area (Å²) in [5, 5.41) is 3.08. The molecule has 0 aromatic heterocycles. The second kappa shape index (κ2) is 5.61. The number of anilines is 1. The van der Waals surface area contributed by atoms with Crippen molar-refractivity contribution in [3.8, 4) is 0 Å². The first-order valence-corrected chi connectivity index (χ1v) is 6.74. The van der Waals surface area contributed by atoms with Crippen LogP contribution in [0.5, 0.6) is 0 Å². The summed E-state index contributed by atoms with van der Waals surface area (Å²) in [5.74, 6) is 0.0992. The number of aryl methyl sites for hydroxylation is 1. The third kappa shape index (κ3) is 3.07. The van der Waals surface area contributed by atoms with Crippen molar-refractivity contribution < 1.29 is 9.53 Å². The van der Waals surface area contributed by atoms with Crippen LogP contribution in [0.15, 0.2) is 18.2 Å². The minimum Gasteiger partial charge on any atom is -0.388 e. The Morgan fingerprint density at radius 3 is 2.47 bits per heavy atom. The van der Waals surface area contributed by atoms with Crippen molar-refractivity contribution >= 4 is 11.6 Å². The van der Waals surface area contributed by atoms with Gasteiger partial charge in [-0.25, -0.2) is 0 Å². The number of carbonyl (C=O) groups is 1. The fourth-order valence-corrected chi connectivity index (χ4v) is 2.57. The van der Waals surface area contributed by atoms with Gasteiger partial charge in [0.15, 0.2) is 0 Å². The minimum absolute atomic E-state index is 0.0992. The maximum Gasteiger partial charge on any atom is 0.254 e. The molecule has 2 atom stereocenters. The van der Waals surface area contributed by atoms with E-state index in [2.05, 4.69) is 5.32 Å². The van der Waals surface area contributed by atoms with Gasteiger partial charge in [0, 0.05) is 31.4 Å². The number of amides is 1. The van der Waals surface area contributed by atoms with Crippen LogP contribution < -0.4 is 5.32 Å². The Morgan fingerprint density at radius 2 is 1.95 bits per heavy atom. The van der Waals surface area contributed by atoms with E-state index in [0.29, 0.717) is 13.1 Å². The molecule has 0 radical (unpaired) electrons. The lowest BCUT2D eigenvalue weighted by Crippen LogP contribution is -2.48. The molecule has 0 unspecified atom stereocenters. The topological polar surface area (TPSA) is 41.6 Å². The van der Waals surface area contributed by atoms with Crippen molar-refractivity contribution in [2.75, 3.05) is 25.5 Å². The molecule has 0 saturated carbocycles. The standard InChI is InChI=1S/C15H22N2O2/c1-10-7-13(16-4)5-6-14(10)15(18)17-8-11(2)19-12(3)9-17/h5-7,11-12,16H,8-9H2,1-4H3/t11-,12+. The monoisotopic (exact) mass is 262 g/mol. The first-order chi connectivity index (χ1) is 9.01. The molecule has 0 spiro atoms. The summed E-state index contributed by atoms with van der Waals surface area (Å²) in [5.41, 5.74) is 2.81. The molecule has 1 aliphatic rings. The Morgan fingerprint density at radius 1 is 1.32 bits per heavy atom. The first-order valence-electron chi connectivity index (χ1n) is 6.74. The highest BCUT2D eigenvalue weighted by Gasteiger charge is 2.27. The van der Waals surface area contributed by atoms with E-state index in [0.717, 1.165) is 16.8 Å². The molecule has 2 rings (SSSR count). The first kappa shape index (κ1) is 13.9. The third-order valence-corrected chi connectivity index (χ3v) is 3.45. The van der Waals surface area contributed by atoms with Gasteiger partial charge in [-0.05, 0) is 44.5 Å². The van der Waals surface area contributed by atoms with Gasteiger partial charge in [-0.3, -0.25) is 4.79 Å². The second-order valence-electron chi connectivity index (χ2n) is 5.25. The molecule has 1 aromatic rings. The van der Waals surface area contributed by atoms with Crippen LogP contribution in [-0.2, 0) is 4.74 Å². The molecule has 0 aliphatic carbocycles. The molecule has 104 valence electrons. The van der Waals surface area contributed by atoms with Gasteiger partial charge in [-0.2, -0.15) is 0 Å². The molecule has 1 heterocycles. The van der Waals surface area contributed by atoms with Gasteiger partial charge in [0.25, 0.3) is 5.91 Å². The van der Waals surface area contributed by atoms with Crippen LogP contribution in [0.3, 0.4) is 0 Å². The summed E-state index contributed by atoms with van der Waals surface area (Å²) < 4.78 is 5.67. The fourth-order valence-electron chi connectivity index (χ4n) is 2.57. The van der Waals surface area contributed by atoms with E-state index in [1.54, 1.807) is 0 Å². The van der Waals surface area contributed by atoms with Crippen molar-refractivity contribution in [2.24, 2.45) is 0 Å². The molecular weight excluding hydrogens is 240 g/mol. The van der Waals surface area contributed by atoms with Gasteiger partial charge in [0.05, 0.1) is 12.2 Å². The van der Waals surface area contributed by atoms with E-state index < -0.39 is 0 Å². The number of nitrogens with zero attached hydrogens (tertiary/aromatic N) is 1. The number of carbonyl (C=O) groups excluding carboxylic acids is 1. The quantitative estimate of drug-likeness (QED) is 0.889. The molecular formula is C15H22N2O2. The zero-order valence-electron chi connectivity index (χ0n) is 12.1. The Labute approximate surface area is 114 Å². The van der Waals surface area contributed by atoms with Crippen molar-refractivity contribution in [1.29, 1.82) is 0 Å². The maximum atomic E-state index is 12.6. The highest BCUT2D eigenvalue weighted by Crippen LogP contribution is 2.19. The fraction of sp³-hybridized carbons (Fsp3) is 0.533. The lowest BCUT2D eigenvalue weighted by Gasteiger charge is -2.35. The zero-order valence-corrected chi connectivity index (χ0v) is 12.1. The summed E-state index contributed by atoms with van der Waals surface area (Å²) >= 11 is 0. The zero-order chi connectivity index (χ0) is 14.0. The lowest BCUT2D eigenvalue weighted by atomic mass is 10.1. The maximum absolute atomic E-state index is 12.6. The molecule has 4 heteroatoms. The van der Waals surface area contributed by atoms with E-state index in [-0.39, 0.29) is 18.1 Å². The van der Waals surface area contributed by atoms with Crippen LogP contribution in [-0.4, -0.2) is 43.2 Å². The summed E-state index contributed by atoms with van der Waals surface area (Å²) in [7, 11) is 1.88. The van der Waals surface area contributed by atoms with Crippen molar-refractivity contribution in [2.45, 2.75) is 33.0 Å². The molecule has 0 bridgehead atoms. The van der Waals surface area contributed by atoms with Crippen LogP contribution >= 0.6 is 0 Å². The molecule has 1 amide bonds. The van der Waals surface area contributed by atoms with Crippen LogP contribution in [0.2, 0.25) is 0 Å². The van der Waals surface area contributed by atoms with Gasteiger partial charge >= 0.3 is 0 Å². The van der Waals surface area contributed by atoms with Gasteiger partial charge in [0.2, 0.25) is 0 Å². The number of hydrogen-bond donors (Lipinski definition) is 1. The van der Waals surface area contributed by atoms with Gasteiger partial charge in [0.1, 0.15) is 0 Å². The van der Waals surface area contributed by atoms with Crippen LogP contribution in [0.1, 0.15) is 29.8 Å².